The number of nitrogens with two attached hydrogens (primary N) is 2. The highest BCUT2D eigenvalue weighted by molar-refractivity contribution is 5.83. The molecule has 0 atom stereocenters. The van der Waals surface area contributed by atoms with Crippen LogP contribution in [-0.4, -0.2) is 32.7 Å². The molecule has 136 valence electrons. The predicted octanol–water partition coefficient (Wildman–Crippen LogP) is 2.54. The summed E-state index contributed by atoms with van der Waals surface area (Å²) < 4.78 is 7.76. The van der Waals surface area contributed by atoms with E-state index in [1.807, 2.05) is 0 Å². The number of nitrogen functional groups attached to an aromatic ring is 2. The van der Waals surface area contributed by atoms with Gasteiger partial charge in [-0.2, -0.15) is 9.97 Å². The second-order valence-corrected chi connectivity index (χ2v) is 7.54. The summed E-state index contributed by atoms with van der Waals surface area (Å²) in [6, 6.07) is 0. The molecule has 0 amide bonds. The summed E-state index contributed by atoms with van der Waals surface area (Å²) in [5, 5.41) is 0. The van der Waals surface area contributed by atoms with Crippen molar-refractivity contribution in [1.29, 1.82) is 0 Å². The van der Waals surface area contributed by atoms with E-state index in [4.69, 9.17) is 21.2 Å². The molecule has 0 spiro atoms. The van der Waals surface area contributed by atoms with E-state index < -0.39 is 0 Å². The van der Waals surface area contributed by atoms with Crippen LogP contribution in [0, 0.1) is 11.8 Å². The fourth-order valence-electron chi connectivity index (χ4n) is 4.27. The zero-order valence-corrected chi connectivity index (χ0v) is 14.8. The number of aromatic nitrogens is 4. The molecule has 2 aliphatic rings. The molecule has 1 saturated carbocycles. The average Bonchev–Trinajstić information content (AvgIpc) is 2.95. The van der Waals surface area contributed by atoms with Crippen molar-refractivity contribution in [1.82, 2.24) is 19.5 Å². The van der Waals surface area contributed by atoms with Crippen molar-refractivity contribution in [2.24, 2.45) is 11.8 Å². The fraction of sp³-hybridized carbons (Fsp3) is 0.722. The molecule has 0 unspecified atom stereocenters. The number of hydrogen-bond donors (Lipinski definition) is 2. The average molecular weight is 344 g/mol. The molecule has 4 N–H and O–H groups in total. The maximum atomic E-state index is 6.08. The summed E-state index contributed by atoms with van der Waals surface area (Å²) in [5.41, 5.74) is 13.4. The Labute approximate surface area is 148 Å². The Hall–Kier alpha value is -1.89. The maximum absolute atomic E-state index is 6.08. The first-order valence-electron chi connectivity index (χ1n) is 9.56. The van der Waals surface area contributed by atoms with E-state index in [0.29, 0.717) is 23.2 Å². The normalized spacial score (nSPS) is 20.3. The van der Waals surface area contributed by atoms with E-state index in [2.05, 4.69) is 14.5 Å². The maximum Gasteiger partial charge on any atom is 0.224 e. The van der Waals surface area contributed by atoms with Crippen molar-refractivity contribution in [3.05, 3.63) is 5.82 Å². The standard InChI is InChI=1S/C18H28N6O/c19-16-15-17(23-18(20)22-16)24(11-13-6-8-25-9-7-13)14(21-15)10-12-4-2-1-3-5-12/h12-13H,1-11H2,(H4,19,20,22,23). The predicted molar refractivity (Wildman–Crippen MR) is 98.0 cm³/mol. The smallest absolute Gasteiger partial charge is 0.224 e. The van der Waals surface area contributed by atoms with Crippen LogP contribution in [0.4, 0.5) is 11.8 Å². The third kappa shape index (κ3) is 3.56. The molecule has 2 fully saturated rings. The summed E-state index contributed by atoms with van der Waals surface area (Å²) in [4.78, 5) is 13.4. The fourth-order valence-corrected chi connectivity index (χ4v) is 4.27. The third-order valence-corrected chi connectivity index (χ3v) is 5.70. The molecule has 2 aromatic heterocycles. The molecular formula is C18H28N6O. The van der Waals surface area contributed by atoms with Gasteiger partial charge in [0.2, 0.25) is 5.95 Å². The molecule has 4 rings (SSSR count). The molecule has 0 aromatic carbocycles. The molecule has 0 radical (unpaired) electrons. The number of anilines is 2. The van der Waals surface area contributed by atoms with Crippen LogP contribution in [0.1, 0.15) is 50.8 Å². The van der Waals surface area contributed by atoms with Gasteiger partial charge in [0.15, 0.2) is 17.0 Å². The number of hydrogen-bond acceptors (Lipinski definition) is 6. The molecule has 0 bridgehead atoms. The van der Waals surface area contributed by atoms with Gasteiger partial charge >= 0.3 is 0 Å². The van der Waals surface area contributed by atoms with E-state index >= 15 is 0 Å². The van der Waals surface area contributed by atoms with Crippen molar-refractivity contribution in [3.8, 4) is 0 Å². The van der Waals surface area contributed by atoms with Gasteiger partial charge in [-0.25, -0.2) is 4.98 Å². The monoisotopic (exact) mass is 344 g/mol. The van der Waals surface area contributed by atoms with Gasteiger partial charge < -0.3 is 20.8 Å². The minimum Gasteiger partial charge on any atom is -0.382 e. The minimum absolute atomic E-state index is 0.224. The van der Waals surface area contributed by atoms with Gasteiger partial charge in [0.25, 0.3) is 0 Å². The van der Waals surface area contributed by atoms with Crippen LogP contribution in [0.5, 0.6) is 0 Å². The van der Waals surface area contributed by atoms with Gasteiger partial charge in [-0.1, -0.05) is 32.1 Å². The first kappa shape index (κ1) is 16.6. The molecule has 1 aliphatic heterocycles. The Morgan fingerprint density at radius 1 is 0.920 bits per heavy atom. The topological polar surface area (TPSA) is 105 Å². The van der Waals surface area contributed by atoms with Gasteiger partial charge in [0.1, 0.15) is 5.82 Å². The summed E-state index contributed by atoms with van der Waals surface area (Å²) in [6.45, 7) is 2.60. The molecule has 7 nitrogen and oxygen atoms in total. The highest BCUT2D eigenvalue weighted by Gasteiger charge is 2.23. The highest BCUT2D eigenvalue weighted by Crippen LogP contribution is 2.30. The second kappa shape index (κ2) is 7.15. The van der Waals surface area contributed by atoms with Gasteiger partial charge in [-0.15, -0.1) is 0 Å². The second-order valence-electron chi connectivity index (χ2n) is 7.54. The molecule has 1 aliphatic carbocycles. The van der Waals surface area contributed by atoms with Crippen LogP contribution < -0.4 is 11.5 Å². The Morgan fingerprint density at radius 2 is 1.68 bits per heavy atom. The molecular weight excluding hydrogens is 316 g/mol. The summed E-state index contributed by atoms with van der Waals surface area (Å²) in [7, 11) is 0. The largest absolute Gasteiger partial charge is 0.382 e. The van der Waals surface area contributed by atoms with Crippen LogP contribution in [0.3, 0.4) is 0 Å². The van der Waals surface area contributed by atoms with E-state index in [1.54, 1.807) is 0 Å². The van der Waals surface area contributed by atoms with Crippen molar-refractivity contribution in [3.63, 3.8) is 0 Å². The van der Waals surface area contributed by atoms with Gasteiger partial charge in [-0.05, 0) is 24.7 Å². The van der Waals surface area contributed by atoms with E-state index in [-0.39, 0.29) is 5.95 Å². The van der Waals surface area contributed by atoms with Gasteiger partial charge in [-0.3, -0.25) is 0 Å². The van der Waals surface area contributed by atoms with Crippen LogP contribution >= 0.6 is 0 Å². The SMILES string of the molecule is Nc1nc(N)c2nc(CC3CCCCC3)n(CC3CCOCC3)c2n1. The number of ether oxygens (including phenoxy) is 1. The van der Waals surface area contributed by atoms with Crippen LogP contribution in [0.25, 0.3) is 11.2 Å². The molecule has 3 heterocycles. The summed E-state index contributed by atoms with van der Waals surface area (Å²) in [5.74, 6) is 3.01. The highest BCUT2D eigenvalue weighted by atomic mass is 16.5. The quantitative estimate of drug-likeness (QED) is 0.883. The van der Waals surface area contributed by atoms with E-state index in [0.717, 1.165) is 50.5 Å². The Kier molecular flexibility index (Phi) is 4.74. The molecule has 2 aromatic rings. The Balaban J connectivity index is 1.68. The third-order valence-electron chi connectivity index (χ3n) is 5.70. The van der Waals surface area contributed by atoms with Crippen molar-refractivity contribution in [2.45, 2.75) is 57.9 Å². The molecule has 7 heteroatoms. The lowest BCUT2D eigenvalue weighted by atomic mass is 9.87. The van der Waals surface area contributed by atoms with Crippen LogP contribution in [0.2, 0.25) is 0 Å². The lowest BCUT2D eigenvalue weighted by molar-refractivity contribution is 0.0612. The first-order valence-corrected chi connectivity index (χ1v) is 9.56. The van der Waals surface area contributed by atoms with E-state index in [9.17, 15) is 0 Å². The Morgan fingerprint density at radius 3 is 2.44 bits per heavy atom. The number of fused-ring (bicyclic) bond motifs is 1. The zero-order valence-electron chi connectivity index (χ0n) is 14.8. The summed E-state index contributed by atoms with van der Waals surface area (Å²) >= 11 is 0. The van der Waals surface area contributed by atoms with Gasteiger partial charge in [0, 0.05) is 26.2 Å². The number of rotatable bonds is 4. The van der Waals surface area contributed by atoms with Crippen molar-refractivity contribution < 1.29 is 4.74 Å². The Bertz CT molecular complexity index is 731. The lowest BCUT2D eigenvalue weighted by Crippen LogP contribution is -2.22. The van der Waals surface area contributed by atoms with Crippen molar-refractivity contribution >= 4 is 22.9 Å². The van der Waals surface area contributed by atoms with Crippen LogP contribution in [0.15, 0.2) is 0 Å². The van der Waals surface area contributed by atoms with E-state index in [1.165, 1.54) is 32.1 Å². The van der Waals surface area contributed by atoms with Gasteiger partial charge in [0.05, 0.1) is 0 Å². The number of nitrogens with zero attached hydrogens (tertiary/aromatic N) is 4. The molecule has 1 saturated heterocycles. The van der Waals surface area contributed by atoms with Crippen molar-refractivity contribution in [2.75, 3.05) is 24.7 Å². The number of imidazole rings is 1. The minimum atomic E-state index is 0.224. The van der Waals surface area contributed by atoms with Crippen LogP contribution in [-0.2, 0) is 17.7 Å². The first-order chi connectivity index (χ1) is 12.2. The summed E-state index contributed by atoms with van der Waals surface area (Å²) in [6.07, 6.45) is 9.78. The zero-order chi connectivity index (χ0) is 17.2. The molecule has 25 heavy (non-hydrogen) atoms. The lowest BCUT2D eigenvalue weighted by Gasteiger charge is -2.25.